The van der Waals surface area contributed by atoms with E-state index in [1.165, 1.54) is 0 Å². The molecule has 0 amide bonds. The van der Waals surface area contributed by atoms with E-state index in [0.717, 1.165) is 31.5 Å². The van der Waals surface area contributed by atoms with Gasteiger partial charge in [0.25, 0.3) is 10.0 Å². The van der Waals surface area contributed by atoms with Gasteiger partial charge in [-0.25, -0.2) is 4.98 Å². The maximum atomic E-state index is 12.3. The van der Waals surface area contributed by atoms with Crippen LogP contribution in [0.25, 0.3) is 0 Å². The Hall–Kier alpha value is -1.83. The van der Waals surface area contributed by atoms with Crippen LogP contribution in [0, 0.1) is 6.92 Å². The average Bonchev–Trinajstić information content (AvgIpc) is 2.98. The Balaban J connectivity index is 2.19. The molecule has 0 saturated heterocycles. The highest BCUT2D eigenvalue weighted by molar-refractivity contribution is 7.92. The molecule has 0 atom stereocenters. The number of hydrogen-bond acceptors (Lipinski definition) is 4. The van der Waals surface area contributed by atoms with Gasteiger partial charge in [-0.05, 0) is 19.8 Å². The van der Waals surface area contributed by atoms with E-state index in [1.54, 1.807) is 19.2 Å². The SMILES string of the molecule is CCCc1cc(NS(=O)(=O)c2cn(CCC)c(C)n2)n[nH]1. The van der Waals surface area contributed by atoms with Crippen LogP contribution in [0.2, 0.25) is 0 Å². The second-order valence-corrected chi connectivity index (χ2v) is 6.58. The molecule has 0 aliphatic carbocycles. The van der Waals surface area contributed by atoms with Gasteiger partial charge in [0.2, 0.25) is 0 Å². The van der Waals surface area contributed by atoms with Crippen LogP contribution in [-0.2, 0) is 23.0 Å². The number of imidazole rings is 1. The lowest BCUT2D eigenvalue weighted by molar-refractivity contribution is 0.597. The molecule has 2 aromatic rings. The molecule has 2 N–H and O–H groups in total. The summed E-state index contributed by atoms with van der Waals surface area (Å²) in [4.78, 5) is 4.11. The highest BCUT2D eigenvalue weighted by Gasteiger charge is 2.20. The minimum atomic E-state index is -3.70. The van der Waals surface area contributed by atoms with Gasteiger partial charge >= 0.3 is 0 Å². The van der Waals surface area contributed by atoms with Crippen LogP contribution in [0.1, 0.15) is 38.2 Å². The van der Waals surface area contributed by atoms with E-state index in [2.05, 4.69) is 19.9 Å². The summed E-state index contributed by atoms with van der Waals surface area (Å²) < 4.78 is 28.9. The highest BCUT2D eigenvalue weighted by Crippen LogP contribution is 2.15. The second-order valence-electron chi connectivity index (χ2n) is 4.95. The average molecular weight is 311 g/mol. The molecule has 2 heterocycles. The molecule has 0 fully saturated rings. The number of sulfonamides is 1. The number of aromatic nitrogens is 4. The Bertz CT molecular complexity index is 702. The van der Waals surface area contributed by atoms with Crippen LogP contribution in [-0.4, -0.2) is 28.2 Å². The van der Waals surface area contributed by atoms with Crippen molar-refractivity contribution in [1.29, 1.82) is 0 Å². The van der Waals surface area contributed by atoms with Crippen molar-refractivity contribution in [3.63, 3.8) is 0 Å². The first-order valence-corrected chi connectivity index (χ1v) is 8.55. The van der Waals surface area contributed by atoms with Gasteiger partial charge < -0.3 is 4.57 Å². The van der Waals surface area contributed by atoms with Gasteiger partial charge in [0.15, 0.2) is 10.8 Å². The summed E-state index contributed by atoms with van der Waals surface area (Å²) in [6.07, 6.45) is 4.28. The number of H-pyrrole nitrogens is 1. The van der Waals surface area contributed by atoms with Crippen molar-refractivity contribution in [2.45, 2.75) is 51.6 Å². The maximum Gasteiger partial charge on any atom is 0.282 e. The van der Waals surface area contributed by atoms with Gasteiger partial charge in [-0.1, -0.05) is 20.3 Å². The number of nitrogens with zero attached hydrogens (tertiary/aromatic N) is 3. The summed E-state index contributed by atoms with van der Waals surface area (Å²) >= 11 is 0. The maximum absolute atomic E-state index is 12.3. The molecule has 21 heavy (non-hydrogen) atoms. The fraction of sp³-hybridized carbons (Fsp3) is 0.538. The summed E-state index contributed by atoms with van der Waals surface area (Å²) in [5.41, 5.74) is 0.905. The number of hydrogen-bond donors (Lipinski definition) is 2. The molecule has 0 radical (unpaired) electrons. The molecule has 0 aliphatic heterocycles. The lowest BCUT2D eigenvalue weighted by Crippen LogP contribution is -2.13. The second kappa shape index (κ2) is 6.30. The summed E-state index contributed by atoms with van der Waals surface area (Å²) in [7, 11) is -3.70. The number of nitrogens with one attached hydrogen (secondary N) is 2. The van der Waals surface area contributed by atoms with Crippen LogP contribution >= 0.6 is 0 Å². The van der Waals surface area contributed by atoms with Crippen molar-refractivity contribution in [3.05, 3.63) is 23.8 Å². The predicted molar refractivity (Wildman–Crippen MR) is 80.6 cm³/mol. The topological polar surface area (TPSA) is 92.7 Å². The van der Waals surface area contributed by atoms with E-state index in [1.807, 2.05) is 18.4 Å². The van der Waals surface area contributed by atoms with Gasteiger partial charge in [0.1, 0.15) is 5.82 Å². The van der Waals surface area contributed by atoms with Crippen molar-refractivity contribution in [1.82, 2.24) is 19.7 Å². The van der Waals surface area contributed by atoms with E-state index in [9.17, 15) is 8.42 Å². The molecule has 0 spiro atoms. The zero-order valence-electron chi connectivity index (χ0n) is 12.5. The number of anilines is 1. The zero-order valence-corrected chi connectivity index (χ0v) is 13.4. The molecule has 2 aromatic heterocycles. The Labute approximate surface area is 124 Å². The smallest absolute Gasteiger partial charge is 0.282 e. The summed E-state index contributed by atoms with van der Waals surface area (Å²) in [6, 6.07) is 1.71. The molecule has 0 aliphatic rings. The van der Waals surface area contributed by atoms with Crippen LogP contribution < -0.4 is 4.72 Å². The Kier molecular flexibility index (Phi) is 4.66. The zero-order chi connectivity index (χ0) is 15.5. The minimum absolute atomic E-state index is 0.0218. The predicted octanol–water partition coefficient (Wildman–Crippen LogP) is 2.08. The number of aromatic amines is 1. The van der Waals surface area contributed by atoms with E-state index in [0.29, 0.717) is 11.6 Å². The molecule has 116 valence electrons. The first-order chi connectivity index (χ1) is 9.96. The van der Waals surface area contributed by atoms with Crippen molar-refractivity contribution < 1.29 is 8.42 Å². The molecule has 7 nitrogen and oxygen atoms in total. The lowest BCUT2D eigenvalue weighted by Gasteiger charge is -2.01. The third-order valence-corrected chi connectivity index (χ3v) is 4.31. The van der Waals surface area contributed by atoms with Gasteiger partial charge in [0, 0.05) is 24.5 Å². The Morgan fingerprint density at radius 2 is 2.10 bits per heavy atom. The van der Waals surface area contributed by atoms with E-state index in [-0.39, 0.29) is 5.03 Å². The van der Waals surface area contributed by atoms with Crippen molar-refractivity contribution in [2.75, 3.05) is 4.72 Å². The molecule has 0 aromatic carbocycles. The van der Waals surface area contributed by atoms with Crippen molar-refractivity contribution in [2.24, 2.45) is 0 Å². The normalized spacial score (nSPS) is 11.8. The first kappa shape index (κ1) is 15.6. The van der Waals surface area contributed by atoms with Crippen LogP contribution in [0.3, 0.4) is 0 Å². The van der Waals surface area contributed by atoms with Gasteiger partial charge in [-0.15, -0.1) is 0 Å². The molecular weight excluding hydrogens is 290 g/mol. The van der Waals surface area contributed by atoms with E-state index < -0.39 is 10.0 Å². The van der Waals surface area contributed by atoms with Gasteiger partial charge in [0.05, 0.1) is 0 Å². The molecular formula is C13H21N5O2S. The monoisotopic (exact) mass is 311 g/mol. The highest BCUT2D eigenvalue weighted by atomic mass is 32.2. The minimum Gasteiger partial charge on any atom is -0.334 e. The van der Waals surface area contributed by atoms with E-state index in [4.69, 9.17) is 0 Å². The summed E-state index contributed by atoms with van der Waals surface area (Å²) in [5, 5.41) is 6.80. The fourth-order valence-corrected chi connectivity index (χ4v) is 3.08. The molecule has 0 bridgehead atoms. The number of aryl methyl sites for hydroxylation is 3. The third-order valence-electron chi connectivity index (χ3n) is 3.08. The van der Waals surface area contributed by atoms with Crippen LogP contribution in [0.4, 0.5) is 5.82 Å². The quantitative estimate of drug-likeness (QED) is 0.818. The molecule has 0 saturated carbocycles. The summed E-state index contributed by atoms with van der Waals surface area (Å²) in [6.45, 7) is 6.62. The van der Waals surface area contributed by atoms with Crippen molar-refractivity contribution >= 4 is 15.8 Å². The molecule has 8 heteroatoms. The lowest BCUT2D eigenvalue weighted by atomic mass is 10.2. The standard InChI is InChI=1S/C13H21N5O2S/c1-4-6-11-8-12(16-15-11)17-21(19,20)13-9-18(7-5-2)10(3)14-13/h8-9H,4-7H2,1-3H3,(H2,15,16,17). The van der Waals surface area contributed by atoms with Gasteiger partial charge in [-0.2, -0.15) is 13.5 Å². The fourth-order valence-electron chi connectivity index (χ4n) is 2.08. The van der Waals surface area contributed by atoms with E-state index >= 15 is 0 Å². The molecule has 0 unspecified atom stereocenters. The number of rotatable bonds is 7. The Morgan fingerprint density at radius 1 is 1.33 bits per heavy atom. The van der Waals surface area contributed by atoms with Crippen LogP contribution in [0.5, 0.6) is 0 Å². The largest absolute Gasteiger partial charge is 0.334 e. The first-order valence-electron chi connectivity index (χ1n) is 7.07. The van der Waals surface area contributed by atoms with Crippen LogP contribution in [0.15, 0.2) is 17.3 Å². The van der Waals surface area contributed by atoms with Crippen molar-refractivity contribution in [3.8, 4) is 0 Å². The molecule has 2 rings (SSSR count). The Morgan fingerprint density at radius 3 is 2.76 bits per heavy atom. The summed E-state index contributed by atoms with van der Waals surface area (Å²) in [5.74, 6) is 0.979. The van der Waals surface area contributed by atoms with Gasteiger partial charge in [-0.3, -0.25) is 9.82 Å². The third kappa shape index (κ3) is 3.63.